The second-order valence-corrected chi connectivity index (χ2v) is 5.10. The molecule has 0 spiro atoms. The number of aliphatic imine (C=N–C) groups is 1. The number of carbonyl (C=O) groups excluding carboxylic acids is 1. The lowest BCUT2D eigenvalue weighted by Crippen LogP contribution is -2.20. The normalized spacial score (nSPS) is 18.9. The van der Waals surface area contributed by atoms with E-state index < -0.39 is 5.97 Å². The van der Waals surface area contributed by atoms with Crippen LogP contribution in [0.4, 0.5) is 0 Å². The van der Waals surface area contributed by atoms with Crippen molar-refractivity contribution in [2.75, 3.05) is 6.54 Å². The van der Waals surface area contributed by atoms with Crippen LogP contribution in [0.15, 0.2) is 34.2 Å². The summed E-state index contributed by atoms with van der Waals surface area (Å²) < 4.78 is 0. The van der Waals surface area contributed by atoms with Gasteiger partial charge in [-0.3, -0.25) is 14.6 Å². The molecular formula is C12H9ClN2O3S. The van der Waals surface area contributed by atoms with Gasteiger partial charge in [0.25, 0.3) is 5.91 Å². The summed E-state index contributed by atoms with van der Waals surface area (Å²) in [6, 6.07) is 7.03. The molecule has 0 aliphatic carbocycles. The van der Waals surface area contributed by atoms with Crippen molar-refractivity contribution in [1.29, 1.82) is 0 Å². The minimum absolute atomic E-state index is 0.288. The number of halogens is 1. The van der Waals surface area contributed by atoms with Crippen molar-refractivity contribution in [3.8, 4) is 0 Å². The minimum atomic E-state index is -1.04. The predicted octanol–water partition coefficient (Wildman–Crippen LogP) is 1.98. The Kier molecular flexibility index (Phi) is 4.24. The van der Waals surface area contributed by atoms with Crippen LogP contribution < -0.4 is 5.32 Å². The zero-order chi connectivity index (χ0) is 13.8. The van der Waals surface area contributed by atoms with Gasteiger partial charge < -0.3 is 10.4 Å². The van der Waals surface area contributed by atoms with Gasteiger partial charge in [-0.05, 0) is 35.5 Å². The van der Waals surface area contributed by atoms with E-state index in [-0.39, 0.29) is 12.5 Å². The third kappa shape index (κ3) is 3.84. The molecule has 0 atom stereocenters. The maximum atomic E-state index is 11.6. The number of amidine groups is 1. The lowest BCUT2D eigenvalue weighted by molar-refractivity contribution is -0.135. The van der Waals surface area contributed by atoms with Gasteiger partial charge >= 0.3 is 5.97 Å². The van der Waals surface area contributed by atoms with E-state index in [1.54, 1.807) is 30.3 Å². The SMILES string of the molecule is O=C(O)CN=C1NC(=O)C(=Cc2ccc(Cl)cc2)S1. The standard InChI is InChI=1S/C12H9ClN2O3S/c13-8-3-1-7(2-4-8)5-9-11(18)15-12(19-9)14-6-10(16)17/h1-5H,6H2,(H,16,17)(H,14,15,18). The van der Waals surface area contributed by atoms with Crippen molar-refractivity contribution in [3.05, 3.63) is 39.8 Å². The predicted molar refractivity (Wildman–Crippen MR) is 75.1 cm³/mol. The topological polar surface area (TPSA) is 78.8 Å². The number of carbonyl (C=O) groups is 2. The third-order valence-electron chi connectivity index (χ3n) is 2.18. The van der Waals surface area contributed by atoms with Crippen LogP contribution in [0, 0.1) is 0 Å². The number of amides is 1. The summed E-state index contributed by atoms with van der Waals surface area (Å²) in [7, 11) is 0. The van der Waals surface area contributed by atoms with Crippen LogP contribution in [0.25, 0.3) is 6.08 Å². The smallest absolute Gasteiger partial charge is 0.325 e. The van der Waals surface area contributed by atoms with Gasteiger partial charge in [-0.2, -0.15) is 0 Å². The molecule has 0 radical (unpaired) electrons. The third-order valence-corrected chi connectivity index (χ3v) is 3.38. The number of carboxylic acid groups (broad SMARTS) is 1. The zero-order valence-corrected chi connectivity index (χ0v) is 11.2. The van der Waals surface area contributed by atoms with Crippen LogP contribution in [-0.4, -0.2) is 28.7 Å². The molecule has 5 nitrogen and oxygen atoms in total. The van der Waals surface area contributed by atoms with Gasteiger partial charge in [0.1, 0.15) is 6.54 Å². The first-order valence-corrected chi connectivity index (χ1v) is 6.47. The fourth-order valence-corrected chi connectivity index (χ4v) is 2.30. The highest BCUT2D eigenvalue weighted by Gasteiger charge is 2.23. The monoisotopic (exact) mass is 296 g/mol. The zero-order valence-electron chi connectivity index (χ0n) is 9.59. The number of hydrogen-bond acceptors (Lipinski definition) is 4. The van der Waals surface area contributed by atoms with E-state index in [4.69, 9.17) is 16.7 Å². The van der Waals surface area contributed by atoms with Gasteiger partial charge in [-0.25, -0.2) is 0 Å². The average Bonchev–Trinajstić information content (AvgIpc) is 2.71. The molecule has 19 heavy (non-hydrogen) atoms. The Morgan fingerprint density at radius 2 is 2.11 bits per heavy atom. The fraction of sp³-hybridized carbons (Fsp3) is 0.0833. The fourth-order valence-electron chi connectivity index (χ4n) is 1.35. The molecule has 1 fully saturated rings. The van der Waals surface area contributed by atoms with E-state index in [0.717, 1.165) is 17.3 Å². The van der Waals surface area contributed by atoms with E-state index in [9.17, 15) is 9.59 Å². The molecule has 2 N–H and O–H groups in total. The molecule has 0 unspecified atom stereocenters. The quantitative estimate of drug-likeness (QED) is 0.836. The molecule has 0 bridgehead atoms. The molecule has 1 aromatic rings. The number of nitrogens with zero attached hydrogens (tertiary/aromatic N) is 1. The summed E-state index contributed by atoms with van der Waals surface area (Å²) in [5.41, 5.74) is 0.835. The van der Waals surface area contributed by atoms with Crippen molar-refractivity contribution < 1.29 is 14.7 Å². The highest BCUT2D eigenvalue weighted by Crippen LogP contribution is 2.26. The van der Waals surface area contributed by atoms with Crippen molar-refractivity contribution in [1.82, 2.24) is 5.32 Å². The van der Waals surface area contributed by atoms with Crippen LogP contribution in [0.2, 0.25) is 5.02 Å². The van der Waals surface area contributed by atoms with Crippen LogP contribution >= 0.6 is 23.4 Å². The summed E-state index contributed by atoms with van der Waals surface area (Å²) in [6.07, 6.45) is 1.69. The highest BCUT2D eigenvalue weighted by atomic mass is 35.5. The molecule has 1 aliphatic rings. The van der Waals surface area contributed by atoms with Crippen molar-refractivity contribution in [2.45, 2.75) is 0 Å². The largest absolute Gasteiger partial charge is 0.480 e. The van der Waals surface area contributed by atoms with E-state index in [1.165, 1.54) is 0 Å². The molecule has 1 aliphatic heterocycles. The summed E-state index contributed by atoms with van der Waals surface area (Å²) >= 11 is 6.89. The maximum Gasteiger partial charge on any atom is 0.325 e. The molecule has 1 saturated heterocycles. The Morgan fingerprint density at radius 3 is 2.74 bits per heavy atom. The Bertz CT molecular complexity index is 581. The van der Waals surface area contributed by atoms with Crippen molar-refractivity contribution >= 4 is 46.5 Å². The number of nitrogens with one attached hydrogen (secondary N) is 1. The summed E-state index contributed by atoms with van der Waals surface area (Å²) in [5, 5.41) is 11.9. The Morgan fingerprint density at radius 1 is 1.42 bits per heavy atom. The number of thioether (sulfide) groups is 1. The van der Waals surface area contributed by atoms with Gasteiger partial charge in [0.2, 0.25) is 0 Å². The molecule has 1 heterocycles. The van der Waals surface area contributed by atoms with E-state index in [2.05, 4.69) is 10.3 Å². The number of rotatable bonds is 3. The number of benzene rings is 1. The summed E-state index contributed by atoms with van der Waals surface area (Å²) in [6.45, 7) is -0.364. The average molecular weight is 297 g/mol. The molecule has 7 heteroatoms. The Hall–Kier alpha value is -1.79. The van der Waals surface area contributed by atoms with Gasteiger partial charge in [0, 0.05) is 5.02 Å². The first-order chi connectivity index (χ1) is 9.04. The summed E-state index contributed by atoms with van der Waals surface area (Å²) in [5.74, 6) is -1.33. The second kappa shape index (κ2) is 5.90. The van der Waals surface area contributed by atoms with Gasteiger partial charge in [-0.1, -0.05) is 23.7 Å². The first-order valence-electron chi connectivity index (χ1n) is 5.27. The molecule has 0 saturated carbocycles. The molecule has 1 aromatic carbocycles. The number of hydrogen-bond donors (Lipinski definition) is 2. The van der Waals surface area contributed by atoms with Gasteiger partial charge in [0.05, 0.1) is 4.91 Å². The van der Waals surface area contributed by atoms with E-state index in [0.29, 0.717) is 15.1 Å². The summed E-state index contributed by atoms with van der Waals surface area (Å²) in [4.78, 5) is 26.3. The molecule has 0 aromatic heterocycles. The maximum absolute atomic E-state index is 11.6. The Labute approximate surface area is 118 Å². The van der Waals surface area contributed by atoms with Crippen LogP contribution in [0.5, 0.6) is 0 Å². The number of aliphatic carboxylic acids is 1. The molecule has 98 valence electrons. The highest BCUT2D eigenvalue weighted by molar-refractivity contribution is 8.18. The van der Waals surface area contributed by atoms with Crippen LogP contribution in [0.3, 0.4) is 0 Å². The molecule has 1 amide bonds. The molecular weight excluding hydrogens is 288 g/mol. The van der Waals surface area contributed by atoms with E-state index in [1.807, 2.05) is 0 Å². The van der Waals surface area contributed by atoms with E-state index >= 15 is 0 Å². The van der Waals surface area contributed by atoms with Crippen LogP contribution in [-0.2, 0) is 9.59 Å². The lowest BCUT2D eigenvalue weighted by atomic mass is 10.2. The lowest BCUT2D eigenvalue weighted by Gasteiger charge is -1.95. The molecule has 2 rings (SSSR count). The van der Waals surface area contributed by atoms with Crippen LogP contribution in [0.1, 0.15) is 5.56 Å². The number of carboxylic acids is 1. The first kappa shape index (κ1) is 13.6. The van der Waals surface area contributed by atoms with Gasteiger partial charge in [-0.15, -0.1) is 0 Å². The van der Waals surface area contributed by atoms with Crippen molar-refractivity contribution in [2.24, 2.45) is 4.99 Å². The van der Waals surface area contributed by atoms with Crippen molar-refractivity contribution in [3.63, 3.8) is 0 Å². The van der Waals surface area contributed by atoms with Gasteiger partial charge in [0.15, 0.2) is 5.17 Å². The second-order valence-electron chi connectivity index (χ2n) is 3.63. The Balaban J connectivity index is 2.13. The minimum Gasteiger partial charge on any atom is -0.480 e.